The van der Waals surface area contributed by atoms with Crippen LogP contribution in [0.3, 0.4) is 0 Å². The van der Waals surface area contributed by atoms with E-state index in [1.165, 1.54) is 11.1 Å². The molecule has 25 heavy (non-hydrogen) atoms. The quantitative estimate of drug-likeness (QED) is 0.882. The van der Waals surface area contributed by atoms with Crippen LogP contribution >= 0.6 is 0 Å². The molecule has 4 nitrogen and oxygen atoms in total. The van der Waals surface area contributed by atoms with Gasteiger partial charge >= 0.3 is 0 Å². The van der Waals surface area contributed by atoms with Gasteiger partial charge in [0.05, 0.1) is 5.41 Å². The lowest BCUT2D eigenvalue weighted by Gasteiger charge is -2.34. The Hall–Kier alpha value is -1.84. The smallest absolute Gasteiger partial charge is 0.230 e. The average molecular weight is 342 g/mol. The van der Waals surface area contributed by atoms with Gasteiger partial charge in [-0.05, 0) is 51.0 Å². The topological polar surface area (TPSA) is 58.2 Å². The summed E-state index contributed by atoms with van der Waals surface area (Å²) in [5, 5.41) is 6.07. The molecule has 2 aliphatic rings. The number of aryl methyl sites for hydroxylation is 1. The number of nitrogens with one attached hydrogen (secondary N) is 2. The van der Waals surface area contributed by atoms with Crippen molar-refractivity contribution in [3.8, 4) is 0 Å². The van der Waals surface area contributed by atoms with E-state index in [-0.39, 0.29) is 29.2 Å². The summed E-state index contributed by atoms with van der Waals surface area (Å²) >= 11 is 0. The van der Waals surface area contributed by atoms with Crippen molar-refractivity contribution in [2.45, 2.75) is 69.7 Å². The minimum Gasteiger partial charge on any atom is -0.359 e. The highest BCUT2D eigenvalue weighted by atomic mass is 16.2. The van der Waals surface area contributed by atoms with Crippen molar-refractivity contribution in [2.75, 3.05) is 7.05 Å². The molecule has 0 bridgehead atoms. The van der Waals surface area contributed by atoms with Crippen molar-refractivity contribution in [1.82, 2.24) is 10.6 Å². The molecule has 4 heteroatoms. The number of hydrogen-bond donors (Lipinski definition) is 2. The summed E-state index contributed by atoms with van der Waals surface area (Å²) in [5.74, 6) is 0.436. The predicted octanol–water partition coefficient (Wildman–Crippen LogP) is 3.23. The lowest BCUT2D eigenvalue weighted by atomic mass is 9.76. The summed E-state index contributed by atoms with van der Waals surface area (Å²) in [6.45, 7) is 2.09. The normalized spacial score (nSPS) is 25.4. The fourth-order valence-electron chi connectivity index (χ4n) is 4.60. The van der Waals surface area contributed by atoms with Crippen LogP contribution in [0.25, 0.3) is 0 Å². The molecule has 136 valence electrons. The van der Waals surface area contributed by atoms with Gasteiger partial charge in [0.2, 0.25) is 11.8 Å². The third kappa shape index (κ3) is 3.73. The Morgan fingerprint density at radius 2 is 1.76 bits per heavy atom. The van der Waals surface area contributed by atoms with E-state index in [4.69, 9.17) is 0 Å². The number of amides is 2. The lowest BCUT2D eigenvalue weighted by Crippen LogP contribution is -2.48. The van der Waals surface area contributed by atoms with Crippen LogP contribution in [0.4, 0.5) is 0 Å². The molecule has 0 unspecified atom stereocenters. The van der Waals surface area contributed by atoms with Crippen LogP contribution in [0.15, 0.2) is 24.3 Å². The number of rotatable bonds is 4. The minimum atomic E-state index is -0.357. The van der Waals surface area contributed by atoms with Gasteiger partial charge in [-0.25, -0.2) is 0 Å². The molecule has 0 aromatic heterocycles. The van der Waals surface area contributed by atoms with Crippen molar-refractivity contribution in [3.63, 3.8) is 0 Å². The van der Waals surface area contributed by atoms with Crippen LogP contribution < -0.4 is 10.6 Å². The standard InChI is InChI=1S/C21H30N2O2/c1-15-6-5-7-17(14-15)21(12-3-4-13-21)20(25)23-18-10-8-16(9-11-18)19(24)22-2/h5-7,14,16,18H,3-4,8-13H2,1-2H3,(H,22,24)(H,23,25). The van der Waals surface area contributed by atoms with E-state index in [0.717, 1.165) is 51.4 Å². The molecule has 2 amide bonds. The minimum absolute atomic E-state index is 0.107. The van der Waals surface area contributed by atoms with Crippen LogP contribution in [0.1, 0.15) is 62.5 Å². The van der Waals surface area contributed by atoms with Crippen LogP contribution in [0, 0.1) is 12.8 Å². The Bertz CT molecular complexity index is 627. The maximum absolute atomic E-state index is 13.2. The van der Waals surface area contributed by atoms with Gasteiger partial charge in [-0.15, -0.1) is 0 Å². The molecule has 2 aliphatic carbocycles. The summed E-state index contributed by atoms with van der Waals surface area (Å²) in [6.07, 6.45) is 7.63. The molecule has 2 N–H and O–H groups in total. The monoisotopic (exact) mass is 342 g/mol. The molecule has 0 spiro atoms. The summed E-state index contributed by atoms with van der Waals surface area (Å²) in [4.78, 5) is 25.0. The second kappa shape index (κ2) is 7.59. The Morgan fingerprint density at radius 3 is 2.36 bits per heavy atom. The van der Waals surface area contributed by atoms with Crippen molar-refractivity contribution in [1.29, 1.82) is 0 Å². The van der Waals surface area contributed by atoms with Gasteiger partial charge in [-0.1, -0.05) is 42.7 Å². The van der Waals surface area contributed by atoms with Gasteiger partial charge < -0.3 is 10.6 Å². The fourth-order valence-corrected chi connectivity index (χ4v) is 4.60. The number of carbonyl (C=O) groups excluding carboxylic acids is 2. The lowest BCUT2D eigenvalue weighted by molar-refractivity contribution is -0.128. The maximum Gasteiger partial charge on any atom is 0.230 e. The molecule has 2 fully saturated rings. The zero-order valence-electron chi connectivity index (χ0n) is 15.4. The van der Waals surface area contributed by atoms with E-state index in [2.05, 4.69) is 41.8 Å². The number of hydrogen-bond acceptors (Lipinski definition) is 2. The van der Waals surface area contributed by atoms with E-state index in [1.807, 2.05) is 0 Å². The first-order valence-corrected chi connectivity index (χ1v) is 9.65. The SMILES string of the molecule is CNC(=O)C1CCC(NC(=O)C2(c3cccc(C)c3)CCCC2)CC1. The molecule has 0 heterocycles. The van der Waals surface area contributed by atoms with Gasteiger partial charge in [-0.3, -0.25) is 9.59 Å². The highest BCUT2D eigenvalue weighted by Gasteiger charge is 2.43. The summed E-state index contributed by atoms with van der Waals surface area (Å²) in [5.41, 5.74) is 2.02. The molecule has 1 aromatic rings. The molecular formula is C21H30N2O2. The van der Waals surface area contributed by atoms with Gasteiger partial charge in [0.15, 0.2) is 0 Å². The van der Waals surface area contributed by atoms with Gasteiger partial charge in [-0.2, -0.15) is 0 Å². The zero-order chi connectivity index (χ0) is 17.9. The average Bonchev–Trinajstić information content (AvgIpc) is 3.13. The Balaban J connectivity index is 1.68. The Labute approximate surface area is 150 Å². The number of carbonyl (C=O) groups is 2. The molecule has 0 saturated heterocycles. The van der Waals surface area contributed by atoms with Crippen molar-refractivity contribution in [3.05, 3.63) is 35.4 Å². The largest absolute Gasteiger partial charge is 0.359 e. The fraction of sp³-hybridized carbons (Fsp3) is 0.619. The predicted molar refractivity (Wildman–Crippen MR) is 99.3 cm³/mol. The van der Waals surface area contributed by atoms with Gasteiger partial charge in [0.25, 0.3) is 0 Å². The Morgan fingerprint density at radius 1 is 1.08 bits per heavy atom. The highest BCUT2D eigenvalue weighted by molar-refractivity contribution is 5.89. The maximum atomic E-state index is 13.2. The van der Waals surface area contributed by atoms with E-state index >= 15 is 0 Å². The highest BCUT2D eigenvalue weighted by Crippen LogP contribution is 2.42. The third-order valence-electron chi connectivity index (χ3n) is 6.14. The second-order valence-electron chi connectivity index (χ2n) is 7.79. The Kier molecular flexibility index (Phi) is 5.45. The summed E-state index contributed by atoms with van der Waals surface area (Å²) in [6, 6.07) is 8.64. The zero-order valence-corrected chi connectivity index (χ0v) is 15.4. The first kappa shape index (κ1) is 18.0. The molecule has 0 atom stereocenters. The van der Waals surface area contributed by atoms with Crippen LogP contribution in [0.2, 0.25) is 0 Å². The second-order valence-corrected chi connectivity index (χ2v) is 7.79. The molecule has 3 rings (SSSR count). The molecule has 2 saturated carbocycles. The molecule has 0 radical (unpaired) electrons. The van der Waals surface area contributed by atoms with Gasteiger partial charge in [0.1, 0.15) is 0 Å². The third-order valence-corrected chi connectivity index (χ3v) is 6.14. The summed E-state index contributed by atoms with van der Waals surface area (Å²) < 4.78 is 0. The molecule has 0 aliphatic heterocycles. The van der Waals surface area contributed by atoms with Crippen LogP contribution in [0.5, 0.6) is 0 Å². The molecular weight excluding hydrogens is 312 g/mol. The van der Waals surface area contributed by atoms with Crippen molar-refractivity contribution >= 4 is 11.8 Å². The first-order valence-electron chi connectivity index (χ1n) is 9.65. The summed E-state index contributed by atoms with van der Waals surface area (Å²) in [7, 11) is 1.70. The van der Waals surface area contributed by atoms with Crippen molar-refractivity contribution < 1.29 is 9.59 Å². The first-order chi connectivity index (χ1) is 12.0. The van der Waals surface area contributed by atoms with Crippen LogP contribution in [-0.4, -0.2) is 24.9 Å². The van der Waals surface area contributed by atoms with Gasteiger partial charge in [0, 0.05) is 19.0 Å². The van der Waals surface area contributed by atoms with E-state index in [1.54, 1.807) is 7.05 Å². The van der Waals surface area contributed by atoms with E-state index in [0.29, 0.717) is 0 Å². The van der Waals surface area contributed by atoms with Crippen LogP contribution in [-0.2, 0) is 15.0 Å². The van der Waals surface area contributed by atoms with Crippen molar-refractivity contribution in [2.24, 2.45) is 5.92 Å². The molecule has 1 aromatic carbocycles. The number of benzene rings is 1. The van der Waals surface area contributed by atoms with E-state index in [9.17, 15) is 9.59 Å². The van der Waals surface area contributed by atoms with E-state index < -0.39 is 0 Å².